The highest BCUT2D eigenvalue weighted by molar-refractivity contribution is 8.15. The van der Waals surface area contributed by atoms with Crippen molar-refractivity contribution in [1.82, 2.24) is 10.1 Å². The molecule has 1 aliphatic rings. The predicted molar refractivity (Wildman–Crippen MR) is 99.6 cm³/mol. The number of fused-ring (bicyclic) bond motifs is 1. The molecule has 150 valence electrons. The number of nitrogens with one attached hydrogen (secondary N) is 1. The average molecular weight is 422 g/mol. The number of halogens is 3. The SMILES string of the molecule is O=C1NC(=O)C(Cc2ccc3on(Cc4ccc(C(F)(F)F)cc4)c(=O)c3c2)S1. The number of hydrogen-bond acceptors (Lipinski definition) is 5. The minimum atomic E-state index is -4.43. The number of alkyl halides is 3. The fraction of sp³-hybridized carbons (Fsp3) is 0.211. The Hall–Kier alpha value is -3.01. The monoisotopic (exact) mass is 422 g/mol. The number of benzene rings is 2. The number of aromatic nitrogens is 1. The summed E-state index contributed by atoms with van der Waals surface area (Å²) >= 11 is 0.901. The molecule has 1 aromatic heterocycles. The van der Waals surface area contributed by atoms with Crippen LogP contribution in [-0.2, 0) is 23.9 Å². The van der Waals surface area contributed by atoms with Gasteiger partial charge in [0.1, 0.15) is 0 Å². The lowest BCUT2D eigenvalue weighted by Gasteiger charge is -2.07. The van der Waals surface area contributed by atoms with Crippen LogP contribution < -0.4 is 10.9 Å². The van der Waals surface area contributed by atoms with Crippen LogP contribution in [0.2, 0.25) is 0 Å². The lowest BCUT2D eigenvalue weighted by atomic mass is 10.1. The van der Waals surface area contributed by atoms with Crippen LogP contribution in [-0.4, -0.2) is 21.1 Å². The summed E-state index contributed by atoms with van der Waals surface area (Å²) in [4.78, 5) is 35.6. The fourth-order valence-corrected chi connectivity index (χ4v) is 3.92. The van der Waals surface area contributed by atoms with Gasteiger partial charge in [-0.1, -0.05) is 30.0 Å². The van der Waals surface area contributed by atoms with E-state index < -0.39 is 27.8 Å². The molecule has 4 rings (SSSR count). The van der Waals surface area contributed by atoms with E-state index in [2.05, 4.69) is 5.32 Å². The molecule has 1 aliphatic heterocycles. The lowest BCUT2D eigenvalue weighted by Crippen LogP contribution is -2.25. The van der Waals surface area contributed by atoms with E-state index in [0.29, 0.717) is 22.1 Å². The Kier molecular flexibility index (Phi) is 4.73. The summed E-state index contributed by atoms with van der Waals surface area (Å²) in [6.45, 7) is -0.0175. The third kappa shape index (κ3) is 3.93. The summed E-state index contributed by atoms with van der Waals surface area (Å²) in [6, 6.07) is 9.38. The fourth-order valence-electron chi connectivity index (χ4n) is 3.06. The Morgan fingerprint density at radius 3 is 2.34 bits per heavy atom. The molecule has 2 aromatic carbocycles. The number of thioether (sulfide) groups is 1. The topological polar surface area (TPSA) is 81.3 Å². The Bertz CT molecular complexity index is 1160. The summed E-state index contributed by atoms with van der Waals surface area (Å²) in [6.07, 6.45) is -4.15. The van der Waals surface area contributed by atoms with E-state index in [-0.39, 0.29) is 18.9 Å². The maximum atomic E-state index is 12.7. The van der Waals surface area contributed by atoms with Crippen molar-refractivity contribution in [3.05, 3.63) is 69.5 Å². The van der Waals surface area contributed by atoms with Crippen molar-refractivity contribution in [3.63, 3.8) is 0 Å². The zero-order valence-corrected chi connectivity index (χ0v) is 15.5. The van der Waals surface area contributed by atoms with Crippen LogP contribution in [0.5, 0.6) is 0 Å². The number of imide groups is 1. The van der Waals surface area contributed by atoms with Crippen molar-refractivity contribution in [2.45, 2.75) is 24.4 Å². The first kappa shape index (κ1) is 19.3. The summed E-state index contributed by atoms with van der Waals surface area (Å²) in [7, 11) is 0. The minimum Gasteiger partial charge on any atom is -0.375 e. The van der Waals surface area contributed by atoms with Crippen LogP contribution in [0, 0.1) is 0 Å². The van der Waals surface area contributed by atoms with Crippen LogP contribution in [0.3, 0.4) is 0 Å². The van der Waals surface area contributed by atoms with Gasteiger partial charge in [0.2, 0.25) is 5.91 Å². The Labute approximate surface area is 165 Å². The van der Waals surface area contributed by atoms with Crippen LogP contribution in [0.1, 0.15) is 16.7 Å². The molecule has 0 aliphatic carbocycles. The van der Waals surface area contributed by atoms with E-state index in [0.717, 1.165) is 28.6 Å². The van der Waals surface area contributed by atoms with Gasteiger partial charge in [-0.2, -0.15) is 17.9 Å². The number of carbonyl (C=O) groups excluding carboxylic acids is 2. The van der Waals surface area contributed by atoms with Crippen LogP contribution in [0.25, 0.3) is 11.0 Å². The van der Waals surface area contributed by atoms with Crippen molar-refractivity contribution in [3.8, 4) is 0 Å². The van der Waals surface area contributed by atoms with Gasteiger partial charge in [0.15, 0.2) is 5.58 Å². The highest BCUT2D eigenvalue weighted by Crippen LogP contribution is 2.29. The molecule has 0 bridgehead atoms. The maximum absolute atomic E-state index is 12.7. The van der Waals surface area contributed by atoms with E-state index in [1.165, 1.54) is 12.1 Å². The van der Waals surface area contributed by atoms with Crippen LogP contribution in [0.15, 0.2) is 51.8 Å². The number of carbonyl (C=O) groups is 2. The van der Waals surface area contributed by atoms with Gasteiger partial charge in [-0.3, -0.25) is 19.7 Å². The minimum absolute atomic E-state index is 0.0175. The number of rotatable bonds is 4. The number of amides is 2. The zero-order chi connectivity index (χ0) is 20.8. The second kappa shape index (κ2) is 7.11. The van der Waals surface area contributed by atoms with Gasteiger partial charge < -0.3 is 4.52 Å². The smallest absolute Gasteiger partial charge is 0.375 e. The van der Waals surface area contributed by atoms with Gasteiger partial charge >= 0.3 is 6.18 Å². The predicted octanol–water partition coefficient (Wildman–Crippen LogP) is 3.56. The number of nitrogens with zero attached hydrogens (tertiary/aromatic N) is 1. The third-order valence-electron chi connectivity index (χ3n) is 4.50. The maximum Gasteiger partial charge on any atom is 0.416 e. The summed E-state index contributed by atoms with van der Waals surface area (Å²) in [5.74, 6) is -0.369. The molecular weight excluding hydrogens is 409 g/mol. The first-order valence-corrected chi connectivity index (χ1v) is 9.39. The van der Waals surface area contributed by atoms with E-state index in [1.54, 1.807) is 18.2 Å². The second-order valence-electron chi connectivity index (χ2n) is 6.55. The van der Waals surface area contributed by atoms with Crippen LogP contribution >= 0.6 is 11.8 Å². The quantitative estimate of drug-likeness (QED) is 0.696. The molecule has 0 saturated carbocycles. The molecule has 2 amide bonds. The second-order valence-corrected chi connectivity index (χ2v) is 7.72. The molecule has 2 heterocycles. The third-order valence-corrected chi connectivity index (χ3v) is 5.49. The van der Waals surface area contributed by atoms with E-state index in [4.69, 9.17) is 4.52 Å². The Morgan fingerprint density at radius 2 is 1.72 bits per heavy atom. The van der Waals surface area contributed by atoms with Crippen molar-refractivity contribution in [1.29, 1.82) is 0 Å². The largest absolute Gasteiger partial charge is 0.416 e. The van der Waals surface area contributed by atoms with E-state index in [1.807, 2.05) is 0 Å². The van der Waals surface area contributed by atoms with Crippen molar-refractivity contribution in [2.75, 3.05) is 0 Å². The molecule has 1 unspecified atom stereocenters. The Morgan fingerprint density at radius 1 is 1.03 bits per heavy atom. The standard InChI is InChI=1S/C19H13F3N2O4S/c20-19(21,22)12-4-1-10(2-5-12)9-24-17(26)13-7-11(3-6-14(13)28-24)8-15-16(25)23-18(27)29-15/h1-7,15H,8-9H2,(H,23,25,27). The molecule has 10 heteroatoms. The van der Waals surface area contributed by atoms with Crippen molar-refractivity contribution in [2.24, 2.45) is 0 Å². The molecule has 3 aromatic rings. The molecule has 1 saturated heterocycles. The molecule has 29 heavy (non-hydrogen) atoms. The van der Waals surface area contributed by atoms with Gasteiger partial charge in [0, 0.05) is 0 Å². The van der Waals surface area contributed by atoms with Gasteiger partial charge in [-0.05, 0) is 41.8 Å². The Balaban J connectivity index is 1.57. The zero-order valence-electron chi connectivity index (χ0n) is 14.7. The van der Waals surface area contributed by atoms with Gasteiger partial charge in [0.05, 0.1) is 22.7 Å². The highest BCUT2D eigenvalue weighted by Gasteiger charge is 2.32. The molecule has 0 radical (unpaired) electrons. The average Bonchev–Trinajstić information content (AvgIpc) is 3.13. The molecule has 1 fully saturated rings. The molecule has 0 spiro atoms. The first-order chi connectivity index (χ1) is 13.7. The highest BCUT2D eigenvalue weighted by atomic mass is 32.2. The van der Waals surface area contributed by atoms with Gasteiger partial charge in [-0.15, -0.1) is 0 Å². The normalized spacial score (nSPS) is 17.1. The summed E-state index contributed by atoms with van der Waals surface area (Å²) in [5.41, 5.74) is 0.304. The van der Waals surface area contributed by atoms with E-state index in [9.17, 15) is 27.6 Å². The molecular formula is C19H13F3N2O4S. The van der Waals surface area contributed by atoms with Crippen molar-refractivity contribution < 1.29 is 27.3 Å². The molecule has 1 N–H and O–H groups in total. The van der Waals surface area contributed by atoms with Crippen molar-refractivity contribution >= 4 is 33.9 Å². The first-order valence-electron chi connectivity index (χ1n) is 8.51. The number of hydrogen-bond donors (Lipinski definition) is 1. The van der Waals surface area contributed by atoms with E-state index >= 15 is 0 Å². The van der Waals surface area contributed by atoms with Crippen LogP contribution in [0.4, 0.5) is 18.0 Å². The lowest BCUT2D eigenvalue weighted by molar-refractivity contribution is -0.137. The summed E-state index contributed by atoms with van der Waals surface area (Å²) in [5, 5.41) is 1.55. The van der Waals surface area contributed by atoms with Gasteiger partial charge in [0.25, 0.3) is 10.8 Å². The molecule has 1 atom stereocenters. The van der Waals surface area contributed by atoms with Gasteiger partial charge in [-0.25, -0.2) is 0 Å². The molecule has 6 nitrogen and oxygen atoms in total. The summed E-state index contributed by atoms with van der Waals surface area (Å²) < 4.78 is 44.6.